The number of hydrogen-bond donors (Lipinski definition) is 2. The lowest BCUT2D eigenvalue weighted by atomic mass is 10.1. The molecule has 0 bridgehead atoms. The smallest absolute Gasteiger partial charge is 0.335 e. The van der Waals surface area contributed by atoms with Crippen LogP contribution in [-0.4, -0.2) is 11.1 Å². The molecule has 0 heterocycles. The van der Waals surface area contributed by atoms with E-state index in [1.807, 2.05) is 0 Å². The third-order valence-electron chi connectivity index (χ3n) is 2.56. The molecule has 3 nitrogen and oxygen atoms in total. The van der Waals surface area contributed by atoms with Gasteiger partial charge in [0.05, 0.1) is 15.7 Å². The van der Waals surface area contributed by atoms with Gasteiger partial charge in [0, 0.05) is 6.07 Å². The van der Waals surface area contributed by atoms with Crippen LogP contribution < -0.4 is 5.32 Å². The highest BCUT2D eigenvalue weighted by Gasteiger charge is 2.17. The van der Waals surface area contributed by atoms with Crippen molar-refractivity contribution >= 4 is 33.3 Å². The molecular formula is C13H6BrF4NO2. The summed E-state index contributed by atoms with van der Waals surface area (Å²) in [7, 11) is 0. The van der Waals surface area contributed by atoms with E-state index in [1.54, 1.807) is 0 Å². The van der Waals surface area contributed by atoms with Crippen LogP contribution >= 0.6 is 15.9 Å². The third kappa shape index (κ3) is 3.15. The van der Waals surface area contributed by atoms with Crippen LogP contribution in [0.5, 0.6) is 0 Å². The first kappa shape index (κ1) is 15.3. The highest BCUT2D eigenvalue weighted by atomic mass is 79.9. The van der Waals surface area contributed by atoms with Crippen molar-refractivity contribution in [2.45, 2.75) is 0 Å². The number of nitrogens with one attached hydrogen (secondary N) is 1. The summed E-state index contributed by atoms with van der Waals surface area (Å²) in [6, 6.07) is 2.64. The molecule has 2 aromatic rings. The summed E-state index contributed by atoms with van der Waals surface area (Å²) < 4.78 is 54.1. The van der Waals surface area contributed by atoms with Gasteiger partial charge in [-0.15, -0.1) is 0 Å². The normalized spacial score (nSPS) is 10.5. The highest BCUT2D eigenvalue weighted by molar-refractivity contribution is 9.10. The Labute approximate surface area is 124 Å². The van der Waals surface area contributed by atoms with E-state index in [4.69, 9.17) is 5.11 Å². The van der Waals surface area contributed by atoms with Crippen molar-refractivity contribution in [3.8, 4) is 0 Å². The van der Waals surface area contributed by atoms with Crippen molar-refractivity contribution in [3.63, 3.8) is 0 Å². The molecule has 2 N–H and O–H groups in total. The minimum absolute atomic E-state index is 0.146. The molecule has 110 valence electrons. The molecule has 0 fully saturated rings. The second-order valence-electron chi connectivity index (χ2n) is 3.99. The van der Waals surface area contributed by atoms with Crippen LogP contribution in [0.25, 0.3) is 0 Å². The largest absolute Gasteiger partial charge is 0.478 e. The van der Waals surface area contributed by atoms with E-state index in [9.17, 15) is 22.4 Å². The van der Waals surface area contributed by atoms with Gasteiger partial charge in [0.15, 0.2) is 11.6 Å². The van der Waals surface area contributed by atoms with Crippen LogP contribution in [0.15, 0.2) is 28.7 Å². The van der Waals surface area contributed by atoms with Crippen molar-refractivity contribution < 1.29 is 27.5 Å². The van der Waals surface area contributed by atoms with Gasteiger partial charge < -0.3 is 10.4 Å². The quantitative estimate of drug-likeness (QED) is 0.625. The van der Waals surface area contributed by atoms with Gasteiger partial charge in [0.1, 0.15) is 17.3 Å². The lowest BCUT2D eigenvalue weighted by molar-refractivity contribution is 0.0696. The molecular weight excluding hydrogens is 358 g/mol. The Morgan fingerprint density at radius 1 is 0.952 bits per heavy atom. The fourth-order valence-corrected chi connectivity index (χ4v) is 1.88. The van der Waals surface area contributed by atoms with Crippen molar-refractivity contribution in [1.82, 2.24) is 0 Å². The van der Waals surface area contributed by atoms with E-state index in [-0.39, 0.29) is 4.47 Å². The van der Waals surface area contributed by atoms with Gasteiger partial charge in [-0.1, -0.05) is 0 Å². The highest BCUT2D eigenvalue weighted by Crippen LogP contribution is 2.29. The zero-order valence-corrected chi connectivity index (χ0v) is 11.6. The summed E-state index contributed by atoms with van der Waals surface area (Å²) in [4.78, 5) is 10.6. The molecule has 2 rings (SSSR count). The number of hydrogen-bond acceptors (Lipinski definition) is 2. The first-order valence-electron chi connectivity index (χ1n) is 5.43. The summed E-state index contributed by atoms with van der Waals surface area (Å²) >= 11 is 2.76. The number of anilines is 2. The fraction of sp³-hybridized carbons (Fsp3) is 0. The Hall–Kier alpha value is -2.09. The van der Waals surface area contributed by atoms with Crippen LogP contribution in [0.4, 0.5) is 28.9 Å². The zero-order valence-electron chi connectivity index (χ0n) is 10.1. The predicted octanol–water partition coefficient (Wildman–Crippen LogP) is 4.45. The summed E-state index contributed by atoms with van der Waals surface area (Å²) in [6.45, 7) is 0. The Balaban J connectivity index is 2.45. The molecule has 0 saturated carbocycles. The monoisotopic (exact) mass is 363 g/mol. The maximum atomic E-state index is 13.7. The van der Waals surface area contributed by atoms with Gasteiger partial charge in [0.2, 0.25) is 0 Å². The molecule has 0 aromatic heterocycles. The lowest BCUT2D eigenvalue weighted by Gasteiger charge is -2.11. The summed E-state index contributed by atoms with van der Waals surface area (Å²) in [5.74, 6) is -5.77. The van der Waals surface area contributed by atoms with E-state index in [0.29, 0.717) is 18.2 Å². The van der Waals surface area contributed by atoms with Crippen molar-refractivity contribution in [3.05, 3.63) is 57.6 Å². The summed E-state index contributed by atoms with van der Waals surface area (Å²) in [5, 5.41) is 10.7. The van der Waals surface area contributed by atoms with Gasteiger partial charge in [-0.25, -0.2) is 22.4 Å². The van der Waals surface area contributed by atoms with Crippen molar-refractivity contribution in [1.29, 1.82) is 0 Å². The molecule has 8 heteroatoms. The average molecular weight is 364 g/mol. The number of carbonyl (C=O) groups is 1. The average Bonchev–Trinajstić information content (AvgIpc) is 2.39. The topological polar surface area (TPSA) is 49.3 Å². The number of halogens is 5. The van der Waals surface area contributed by atoms with E-state index in [1.165, 1.54) is 0 Å². The third-order valence-corrected chi connectivity index (χ3v) is 3.17. The molecule has 0 unspecified atom stereocenters. The Bertz CT molecular complexity index is 713. The first-order chi connectivity index (χ1) is 9.79. The molecule has 0 atom stereocenters. The molecule has 21 heavy (non-hydrogen) atoms. The van der Waals surface area contributed by atoms with Crippen molar-refractivity contribution in [2.75, 3.05) is 5.32 Å². The van der Waals surface area contributed by atoms with E-state index < -0.39 is 46.2 Å². The van der Waals surface area contributed by atoms with E-state index in [0.717, 1.165) is 6.07 Å². The van der Waals surface area contributed by atoms with Gasteiger partial charge in [-0.05, 0) is 34.1 Å². The molecule has 0 amide bonds. The molecule has 0 radical (unpaired) electrons. The van der Waals surface area contributed by atoms with Crippen LogP contribution in [0.2, 0.25) is 0 Å². The molecule has 0 saturated heterocycles. The van der Waals surface area contributed by atoms with Crippen molar-refractivity contribution in [2.24, 2.45) is 0 Å². The van der Waals surface area contributed by atoms with Gasteiger partial charge in [0.25, 0.3) is 0 Å². The minimum atomic E-state index is -1.51. The molecule has 0 aliphatic carbocycles. The van der Waals surface area contributed by atoms with E-state index in [2.05, 4.69) is 21.2 Å². The van der Waals surface area contributed by atoms with Crippen LogP contribution in [0.3, 0.4) is 0 Å². The first-order valence-corrected chi connectivity index (χ1v) is 6.23. The maximum absolute atomic E-state index is 13.7. The van der Waals surface area contributed by atoms with Gasteiger partial charge in [-0.2, -0.15) is 0 Å². The lowest BCUT2D eigenvalue weighted by Crippen LogP contribution is -2.04. The number of carboxylic acids is 1. The number of rotatable bonds is 3. The Kier molecular flexibility index (Phi) is 4.17. The SMILES string of the molecule is O=C(O)c1cc(F)c(Nc2cc(F)c(Br)cc2F)c(F)c1. The number of aromatic carboxylic acids is 1. The second kappa shape index (κ2) is 5.72. The molecule has 2 aromatic carbocycles. The van der Waals surface area contributed by atoms with Crippen LogP contribution in [0.1, 0.15) is 10.4 Å². The predicted molar refractivity (Wildman–Crippen MR) is 70.7 cm³/mol. The summed E-state index contributed by atoms with van der Waals surface area (Å²) in [6.07, 6.45) is 0. The fourth-order valence-electron chi connectivity index (χ4n) is 1.57. The Morgan fingerprint density at radius 2 is 1.52 bits per heavy atom. The minimum Gasteiger partial charge on any atom is -0.478 e. The molecule has 0 spiro atoms. The number of carboxylic acid groups (broad SMARTS) is 1. The van der Waals surface area contributed by atoms with Gasteiger partial charge >= 0.3 is 5.97 Å². The summed E-state index contributed by atoms with van der Waals surface area (Å²) in [5.41, 5.74) is -1.87. The van der Waals surface area contributed by atoms with Gasteiger partial charge in [-0.3, -0.25) is 0 Å². The van der Waals surface area contributed by atoms with E-state index >= 15 is 0 Å². The van der Waals surface area contributed by atoms with Crippen LogP contribution in [0, 0.1) is 23.3 Å². The van der Waals surface area contributed by atoms with Crippen LogP contribution in [-0.2, 0) is 0 Å². The number of benzene rings is 2. The zero-order chi connectivity index (χ0) is 15.7. The maximum Gasteiger partial charge on any atom is 0.335 e. The molecule has 0 aliphatic heterocycles. The standard InChI is InChI=1S/C13H6BrF4NO2/c14-6-3-8(16)11(4-7(6)15)19-12-9(17)1-5(13(20)21)2-10(12)18/h1-4,19H,(H,20,21). The second-order valence-corrected chi connectivity index (χ2v) is 4.85. The Morgan fingerprint density at radius 3 is 2.05 bits per heavy atom. The molecule has 0 aliphatic rings.